The molecule has 0 fully saturated rings. The molecule has 2 aromatic heterocycles. The third-order valence-electron chi connectivity index (χ3n) is 4.73. The van der Waals surface area contributed by atoms with Crippen LogP contribution in [-0.2, 0) is 23.0 Å². The number of aryl methyl sites for hydroxylation is 2. The molecule has 1 amide bonds. The summed E-state index contributed by atoms with van der Waals surface area (Å²) in [6.45, 7) is 4.10. The third-order valence-corrected chi connectivity index (χ3v) is 6.35. The van der Waals surface area contributed by atoms with E-state index in [-0.39, 0.29) is 16.6 Å². The van der Waals surface area contributed by atoms with E-state index < -0.39 is 10.0 Å². The topological polar surface area (TPSA) is 106 Å². The van der Waals surface area contributed by atoms with Crippen molar-refractivity contribution in [2.45, 2.75) is 31.7 Å². The number of carbonyl (C=O) groups excluding carboxylic acids is 1. The number of carbonyl (C=O) groups is 1. The largest absolute Gasteiger partial charge is 0.459 e. The van der Waals surface area contributed by atoms with Gasteiger partial charge in [-0.15, -0.1) is 0 Å². The molecule has 8 nitrogen and oxygen atoms in total. The summed E-state index contributed by atoms with van der Waals surface area (Å²) in [5, 5.41) is 3.70. The molecular weight excluding hydrogens is 382 g/mol. The van der Waals surface area contributed by atoms with Crippen molar-refractivity contribution in [2.24, 2.45) is 0 Å². The van der Waals surface area contributed by atoms with E-state index in [1.165, 1.54) is 6.26 Å². The van der Waals surface area contributed by atoms with Crippen molar-refractivity contribution in [2.75, 3.05) is 11.3 Å². The van der Waals surface area contributed by atoms with Crippen LogP contribution in [0.25, 0.3) is 0 Å². The second-order valence-electron chi connectivity index (χ2n) is 6.70. The van der Waals surface area contributed by atoms with Gasteiger partial charge in [0, 0.05) is 18.8 Å². The third kappa shape index (κ3) is 3.29. The molecule has 146 valence electrons. The first-order valence-electron chi connectivity index (χ1n) is 8.75. The normalized spacial score (nSPS) is 14.0. The Kier molecular flexibility index (Phi) is 4.46. The van der Waals surface area contributed by atoms with Crippen molar-refractivity contribution in [1.29, 1.82) is 0 Å². The van der Waals surface area contributed by atoms with Crippen LogP contribution in [0.15, 0.2) is 50.4 Å². The molecular formula is C19H19N3O5S. The molecule has 0 atom stereocenters. The molecule has 9 heteroatoms. The standard InChI is InChI=1S/C19H19N3O5S/c1-12-18(13(2)27-20-12)28(24,25)21-16-6-5-14-7-8-22(11-15(14)10-16)19(23)17-4-3-9-26-17/h3-6,9-10,21H,7-8,11H2,1-2H3. The van der Waals surface area contributed by atoms with E-state index in [0.29, 0.717) is 36.7 Å². The molecule has 0 saturated carbocycles. The fourth-order valence-corrected chi connectivity index (χ4v) is 4.80. The highest BCUT2D eigenvalue weighted by Crippen LogP contribution is 2.27. The minimum absolute atomic E-state index is 0.0415. The molecule has 1 aliphatic heterocycles. The Bertz CT molecular complexity index is 1110. The number of aromatic nitrogens is 1. The molecule has 1 aliphatic rings. The van der Waals surface area contributed by atoms with E-state index in [4.69, 9.17) is 8.94 Å². The molecule has 3 aromatic rings. The average Bonchev–Trinajstić information content (AvgIpc) is 3.30. The van der Waals surface area contributed by atoms with Crippen LogP contribution >= 0.6 is 0 Å². The van der Waals surface area contributed by atoms with Crippen LogP contribution in [0, 0.1) is 13.8 Å². The summed E-state index contributed by atoms with van der Waals surface area (Å²) in [6, 6.07) is 8.67. The number of furan rings is 1. The van der Waals surface area contributed by atoms with Gasteiger partial charge >= 0.3 is 0 Å². The highest BCUT2D eigenvalue weighted by Gasteiger charge is 2.26. The van der Waals surface area contributed by atoms with Gasteiger partial charge in [0.2, 0.25) is 0 Å². The predicted octanol–water partition coefficient (Wildman–Crippen LogP) is 2.88. The fourth-order valence-electron chi connectivity index (χ4n) is 3.41. The van der Waals surface area contributed by atoms with Crippen molar-refractivity contribution in [3.8, 4) is 0 Å². The van der Waals surface area contributed by atoms with E-state index >= 15 is 0 Å². The quantitative estimate of drug-likeness (QED) is 0.721. The Hall–Kier alpha value is -3.07. The summed E-state index contributed by atoms with van der Waals surface area (Å²) in [7, 11) is -3.82. The first kappa shape index (κ1) is 18.3. The van der Waals surface area contributed by atoms with Gasteiger partial charge < -0.3 is 13.8 Å². The van der Waals surface area contributed by atoms with E-state index in [1.807, 2.05) is 6.07 Å². The van der Waals surface area contributed by atoms with Crippen LogP contribution in [0.4, 0.5) is 5.69 Å². The van der Waals surface area contributed by atoms with Crippen LogP contribution in [0.1, 0.15) is 33.1 Å². The second kappa shape index (κ2) is 6.83. The molecule has 4 rings (SSSR count). The van der Waals surface area contributed by atoms with Gasteiger partial charge in [0.1, 0.15) is 5.69 Å². The van der Waals surface area contributed by atoms with E-state index in [0.717, 1.165) is 11.1 Å². The summed E-state index contributed by atoms with van der Waals surface area (Å²) < 4.78 is 38.2. The molecule has 28 heavy (non-hydrogen) atoms. The Morgan fingerprint density at radius 2 is 2.04 bits per heavy atom. The Balaban J connectivity index is 1.58. The molecule has 0 spiro atoms. The van der Waals surface area contributed by atoms with Crippen LogP contribution < -0.4 is 4.72 Å². The van der Waals surface area contributed by atoms with Gasteiger partial charge in [0.15, 0.2) is 16.4 Å². The zero-order valence-electron chi connectivity index (χ0n) is 15.4. The van der Waals surface area contributed by atoms with Crippen molar-refractivity contribution >= 4 is 21.6 Å². The zero-order chi connectivity index (χ0) is 19.9. The lowest BCUT2D eigenvalue weighted by Gasteiger charge is -2.28. The second-order valence-corrected chi connectivity index (χ2v) is 8.32. The van der Waals surface area contributed by atoms with Crippen LogP contribution in [-0.4, -0.2) is 30.9 Å². The zero-order valence-corrected chi connectivity index (χ0v) is 16.2. The number of hydrogen-bond acceptors (Lipinski definition) is 6. The van der Waals surface area contributed by atoms with Crippen molar-refractivity contribution in [3.63, 3.8) is 0 Å². The molecule has 1 N–H and O–H groups in total. The molecule has 1 aromatic carbocycles. The number of hydrogen-bond donors (Lipinski definition) is 1. The number of nitrogens with one attached hydrogen (secondary N) is 1. The highest BCUT2D eigenvalue weighted by molar-refractivity contribution is 7.92. The highest BCUT2D eigenvalue weighted by atomic mass is 32.2. The molecule has 0 radical (unpaired) electrons. The van der Waals surface area contributed by atoms with Gasteiger partial charge in [0.25, 0.3) is 15.9 Å². The maximum Gasteiger partial charge on any atom is 0.289 e. The number of amides is 1. The maximum absolute atomic E-state index is 12.7. The summed E-state index contributed by atoms with van der Waals surface area (Å²) in [6.07, 6.45) is 2.16. The van der Waals surface area contributed by atoms with E-state index in [1.54, 1.807) is 43.0 Å². The van der Waals surface area contributed by atoms with E-state index in [2.05, 4.69) is 9.88 Å². The molecule has 0 aliphatic carbocycles. The Labute approximate surface area is 162 Å². The Morgan fingerprint density at radius 3 is 2.71 bits per heavy atom. The first-order chi connectivity index (χ1) is 13.3. The lowest BCUT2D eigenvalue weighted by atomic mass is 9.99. The first-order valence-corrected chi connectivity index (χ1v) is 10.2. The van der Waals surface area contributed by atoms with Crippen molar-refractivity contribution < 1.29 is 22.2 Å². The van der Waals surface area contributed by atoms with Crippen LogP contribution in [0.3, 0.4) is 0 Å². The summed E-state index contributed by atoms with van der Waals surface area (Å²) >= 11 is 0. The maximum atomic E-state index is 12.7. The Morgan fingerprint density at radius 1 is 1.21 bits per heavy atom. The lowest BCUT2D eigenvalue weighted by Crippen LogP contribution is -2.35. The number of nitrogens with zero attached hydrogens (tertiary/aromatic N) is 2. The summed E-state index contributed by atoms with van der Waals surface area (Å²) in [5.41, 5.74) is 2.71. The molecule has 0 saturated heterocycles. The minimum Gasteiger partial charge on any atom is -0.459 e. The SMILES string of the molecule is Cc1noc(C)c1S(=O)(=O)Nc1ccc2c(c1)CN(C(=O)c1ccco1)CC2. The van der Waals surface area contributed by atoms with Gasteiger partial charge in [-0.3, -0.25) is 9.52 Å². The van der Waals surface area contributed by atoms with Crippen molar-refractivity contribution in [3.05, 3.63) is 64.9 Å². The molecule has 0 unspecified atom stereocenters. The number of rotatable bonds is 4. The minimum atomic E-state index is -3.82. The predicted molar refractivity (Wildman–Crippen MR) is 100 cm³/mol. The monoisotopic (exact) mass is 401 g/mol. The van der Waals surface area contributed by atoms with Gasteiger partial charge in [-0.1, -0.05) is 11.2 Å². The van der Waals surface area contributed by atoms with Gasteiger partial charge in [-0.25, -0.2) is 8.42 Å². The number of benzene rings is 1. The smallest absolute Gasteiger partial charge is 0.289 e. The molecule has 3 heterocycles. The molecule has 0 bridgehead atoms. The summed E-state index contributed by atoms with van der Waals surface area (Å²) in [4.78, 5) is 14.2. The number of fused-ring (bicyclic) bond motifs is 1. The van der Waals surface area contributed by atoms with Crippen molar-refractivity contribution in [1.82, 2.24) is 10.1 Å². The van der Waals surface area contributed by atoms with E-state index in [9.17, 15) is 13.2 Å². The summed E-state index contributed by atoms with van der Waals surface area (Å²) in [5.74, 6) is 0.342. The van der Waals surface area contributed by atoms with Gasteiger partial charge in [-0.05, 0) is 55.7 Å². The van der Waals surface area contributed by atoms with Crippen LogP contribution in [0.2, 0.25) is 0 Å². The fraction of sp³-hybridized carbons (Fsp3) is 0.263. The van der Waals surface area contributed by atoms with Crippen LogP contribution in [0.5, 0.6) is 0 Å². The average molecular weight is 401 g/mol. The van der Waals surface area contributed by atoms with Gasteiger partial charge in [-0.2, -0.15) is 0 Å². The number of sulfonamides is 1. The number of anilines is 1. The van der Waals surface area contributed by atoms with Gasteiger partial charge in [0.05, 0.1) is 6.26 Å². The lowest BCUT2D eigenvalue weighted by molar-refractivity contribution is 0.0702.